The molecule has 6 heteroatoms. The fraction of sp³-hybridized carbons (Fsp3) is 0.391. The maximum absolute atomic E-state index is 13.0. The van der Waals surface area contributed by atoms with Crippen molar-refractivity contribution in [2.45, 2.75) is 33.1 Å². The van der Waals surface area contributed by atoms with Crippen molar-refractivity contribution in [2.24, 2.45) is 5.41 Å². The van der Waals surface area contributed by atoms with E-state index in [-0.39, 0.29) is 12.0 Å². The Hall–Kier alpha value is -2.53. The standard InChI is InChI=1S/C23H27ClN2O3/c1-3-29-21(27)23(15-18-10-5-4-6-11-18)13-8-14-26(16-23)22(28)25-20-17(2)9-7-12-19(20)24/h4-7,9-12H,3,8,13-16H2,1-2H3,(H,25,28)/t23-/m0/s1. The van der Waals surface area contributed by atoms with Gasteiger partial charge in [-0.3, -0.25) is 4.79 Å². The first-order chi connectivity index (χ1) is 13.9. The van der Waals surface area contributed by atoms with Gasteiger partial charge in [-0.1, -0.05) is 54.1 Å². The minimum Gasteiger partial charge on any atom is -0.466 e. The van der Waals surface area contributed by atoms with E-state index in [9.17, 15) is 9.59 Å². The molecule has 2 aromatic carbocycles. The van der Waals surface area contributed by atoms with E-state index >= 15 is 0 Å². The summed E-state index contributed by atoms with van der Waals surface area (Å²) in [4.78, 5) is 27.7. The molecule has 1 saturated heterocycles. The smallest absolute Gasteiger partial charge is 0.321 e. The topological polar surface area (TPSA) is 58.6 Å². The third kappa shape index (κ3) is 4.91. The number of carbonyl (C=O) groups excluding carboxylic acids is 2. The first-order valence-corrected chi connectivity index (χ1v) is 10.4. The highest BCUT2D eigenvalue weighted by Gasteiger charge is 2.44. The second kappa shape index (κ2) is 9.31. The number of hydrogen-bond acceptors (Lipinski definition) is 3. The molecule has 0 aromatic heterocycles. The summed E-state index contributed by atoms with van der Waals surface area (Å²) in [6.45, 7) is 4.93. The summed E-state index contributed by atoms with van der Waals surface area (Å²) in [5, 5.41) is 3.42. The van der Waals surface area contributed by atoms with E-state index in [1.807, 2.05) is 56.3 Å². The minimum atomic E-state index is -0.748. The fourth-order valence-electron chi connectivity index (χ4n) is 3.94. The van der Waals surface area contributed by atoms with Crippen LogP contribution in [0.1, 0.15) is 30.9 Å². The van der Waals surface area contributed by atoms with E-state index in [4.69, 9.17) is 16.3 Å². The van der Waals surface area contributed by atoms with Crippen molar-refractivity contribution in [2.75, 3.05) is 25.0 Å². The molecule has 3 rings (SSSR count). The Balaban J connectivity index is 1.82. The lowest BCUT2D eigenvalue weighted by Gasteiger charge is -2.41. The molecule has 5 nitrogen and oxygen atoms in total. The van der Waals surface area contributed by atoms with Crippen LogP contribution in [0, 0.1) is 12.3 Å². The van der Waals surface area contributed by atoms with E-state index in [2.05, 4.69) is 5.32 Å². The molecule has 0 saturated carbocycles. The van der Waals surface area contributed by atoms with Crippen LogP contribution in [0.15, 0.2) is 48.5 Å². The van der Waals surface area contributed by atoms with Crippen molar-refractivity contribution < 1.29 is 14.3 Å². The Morgan fingerprint density at radius 1 is 1.17 bits per heavy atom. The average molecular weight is 415 g/mol. The number of nitrogens with one attached hydrogen (secondary N) is 1. The summed E-state index contributed by atoms with van der Waals surface area (Å²) in [7, 11) is 0. The molecular weight excluding hydrogens is 388 g/mol. The number of anilines is 1. The number of rotatable bonds is 5. The predicted octanol–water partition coefficient (Wildman–Crippen LogP) is 5.07. The van der Waals surface area contributed by atoms with Gasteiger partial charge in [0.1, 0.15) is 0 Å². The number of benzene rings is 2. The zero-order valence-corrected chi connectivity index (χ0v) is 17.7. The van der Waals surface area contributed by atoms with Gasteiger partial charge in [-0.05, 0) is 50.3 Å². The lowest BCUT2D eigenvalue weighted by molar-refractivity contribution is -0.158. The monoisotopic (exact) mass is 414 g/mol. The van der Waals surface area contributed by atoms with Crippen molar-refractivity contribution in [1.82, 2.24) is 4.90 Å². The second-order valence-electron chi connectivity index (χ2n) is 7.55. The molecule has 154 valence electrons. The lowest BCUT2D eigenvalue weighted by Crippen LogP contribution is -2.52. The molecule has 1 aliphatic heterocycles. The van der Waals surface area contributed by atoms with Gasteiger partial charge >= 0.3 is 12.0 Å². The van der Waals surface area contributed by atoms with Gasteiger partial charge < -0.3 is 15.0 Å². The Labute approximate surface area is 177 Å². The summed E-state index contributed by atoms with van der Waals surface area (Å²) >= 11 is 6.26. The number of piperidine rings is 1. The van der Waals surface area contributed by atoms with Crippen LogP contribution in [0.25, 0.3) is 0 Å². The van der Waals surface area contributed by atoms with Crippen molar-refractivity contribution in [1.29, 1.82) is 0 Å². The van der Waals surface area contributed by atoms with E-state index < -0.39 is 5.41 Å². The zero-order valence-electron chi connectivity index (χ0n) is 16.9. The number of nitrogens with zero attached hydrogens (tertiary/aromatic N) is 1. The number of aryl methyl sites for hydroxylation is 1. The maximum atomic E-state index is 13.0. The fourth-order valence-corrected chi connectivity index (χ4v) is 4.20. The molecular formula is C23H27ClN2O3. The number of halogens is 1. The highest BCUT2D eigenvalue weighted by molar-refractivity contribution is 6.33. The molecule has 1 atom stereocenters. The van der Waals surface area contributed by atoms with Crippen LogP contribution in [0.5, 0.6) is 0 Å². The summed E-state index contributed by atoms with van der Waals surface area (Å²) in [5.74, 6) is -0.240. The van der Waals surface area contributed by atoms with Gasteiger partial charge in [0.2, 0.25) is 0 Å². The molecule has 0 unspecified atom stereocenters. The van der Waals surface area contributed by atoms with Crippen molar-refractivity contribution in [3.63, 3.8) is 0 Å². The number of hydrogen-bond donors (Lipinski definition) is 1. The largest absolute Gasteiger partial charge is 0.466 e. The quantitative estimate of drug-likeness (QED) is 0.695. The molecule has 0 aliphatic carbocycles. The molecule has 1 aliphatic rings. The van der Waals surface area contributed by atoms with E-state index in [1.165, 1.54) is 0 Å². The molecule has 1 N–H and O–H groups in total. The molecule has 29 heavy (non-hydrogen) atoms. The van der Waals surface area contributed by atoms with Gasteiger partial charge in [0.25, 0.3) is 0 Å². The highest BCUT2D eigenvalue weighted by Crippen LogP contribution is 2.36. The van der Waals surface area contributed by atoms with Crippen LogP contribution in [0.3, 0.4) is 0 Å². The summed E-state index contributed by atoms with van der Waals surface area (Å²) < 4.78 is 5.42. The van der Waals surface area contributed by atoms with E-state index in [0.717, 1.165) is 17.5 Å². The number of amides is 2. The normalized spacial score (nSPS) is 18.9. The summed E-state index contributed by atoms with van der Waals surface area (Å²) in [6, 6.07) is 15.1. The molecule has 0 radical (unpaired) electrons. The molecule has 0 bridgehead atoms. The van der Waals surface area contributed by atoms with Gasteiger partial charge in [-0.15, -0.1) is 0 Å². The Bertz CT molecular complexity index is 851. The van der Waals surface area contributed by atoms with Crippen LogP contribution in [0.4, 0.5) is 10.5 Å². The number of urea groups is 1. The summed E-state index contributed by atoms with van der Waals surface area (Å²) in [5.41, 5.74) is 1.81. The van der Waals surface area contributed by atoms with Crippen LogP contribution in [0.2, 0.25) is 5.02 Å². The first kappa shape index (κ1) is 21.2. The Kier molecular flexibility index (Phi) is 6.80. The van der Waals surface area contributed by atoms with Crippen LogP contribution >= 0.6 is 11.6 Å². The minimum absolute atomic E-state index is 0.240. The molecule has 0 spiro atoms. The Morgan fingerprint density at radius 2 is 1.93 bits per heavy atom. The SMILES string of the molecule is CCOC(=O)[C@]1(Cc2ccccc2)CCCN(C(=O)Nc2c(C)cccc2Cl)C1. The van der Waals surface area contributed by atoms with E-state index in [1.54, 1.807) is 11.0 Å². The van der Waals surface area contributed by atoms with Crippen LogP contribution in [-0.4, -0.2) is 36.6 Å². The van der Waals surface area contributed by atoms with Crippen molar-refractivity contribution in [3.05, 3.63) is 64.7 Å². The van der Waals surface area contributed by atoms with E-state index in [0.29, 0.717) is 43.2 Å². The van der Waals surface area contributed by atoms with Gasteiger partial charge in [0, 0.05) is 13.1 Å². The lowest BCUT2D eigenvalue weighted by atomic mass is 9.75. The predicted molar refractivity (Wildman–Crippen MR) is 115 cm³/mol. The number of carbonyl (C=O) groups is 2. The maximum Gasteiger partial charge on any atom is 0.321 e. The van der Waals surface area contributed by atoms with Crippen molar-refractivity contribution >= 4 is 29.3 Å². The molecule has 2 aromatic rings. The molecule has 2 amide bonds. The van der Waals surface area contributed by atoms with Gasteiger partial charge in [0.15, 0.2) is 0 Å². The molecule has 1 fully saturated rings. The number of esters is 1. The zero-order chi connectivity index (χ0) is 20.9. The van der Waals surface area contributed by atoms with Gasteiger partial charge in [-0.2, -0.15) is 0 Å². The second-order valence-corrected chi connectivity index (χ2v) is 7.96. The number of likely N-dealkylation sites (tertiary alicyclic amines) is 1. The van der Waals surface area contributed by atoms with Gasteiger partial charge in [-0.25, -0.2) is 4.79 Å². The van der Waals surface area contributed by atoms with Crippen LogP contribution in [-0.2, 0) is 16.0 Å². The number of para-hydroxylation sites is 1. The third-order valence-corrected chi connectivity index (χ3v) is 5.73. The molecule has 1 heterocycles. The highest BCUT2D eigenvalue weighted by atomic mass is 35.5. The van der Waals surface area contributed by atoms with Crippen LogP contribution < -0.4 is 5.32 Å². The number of ether oxygens (including phenoxy) is 1. The summed E-state index contributed by atoms with van der Waals surface area (Å²) in [6.07, 6.45) is 1.97. The first-order valence-electron chi connectivity index (χ1n) is 9.97. The third-order valence-electron chi connectivity index (χ3n) is 5.41. The average Bonchev–Trinajstić information content (AvgIpc) is 2.72. The Morgan fingerprint density at radius 3 is 2.62 bits per heavy atom. The van der Waals surface area contributed by atoms with Gasteiger partial charge in [0.05, 0.1) is 22.7 Å². The van der Waals surface area contributed by atoms with Crippen molar-refractivity contribution in [3.8, 4) is 0 Å².